The standard InChI is InChI=1S/C12H13F2NOS/c13-9-2-1-3-10(14)8(9)6-12(16)11-7-17-5-4-15-11/h1-3,11,15H,4-7H2. The van der Waals surface area contributed by atoms with Gasteiger partial charge in [-0.3, -0.25) is 4.79 Å². The molecule has 0 aliphatic carbocycles. The van der Waals surface area contributed by atoms with Crippen molar-refractivity contribution in [2.45, 2.75) is 12.5 Å². The van der Waals surface area contributed by atoms with Crippen molar-refractivity contribution in [3.05, 3.63) is 35.4 Å². The van der Waals surface area contributed by atoms with Crippen LogP contribution in [0.25, 0.3) is 0 Å². The molecule has 0 saturated carbocycles. The SMILES string of the molecule is O=C(Cc1c(F)cccc1F)C1CSCCN1. The van der Waals surface area contributed by atoms with Gasteiger partial charge in [-0.05, 0) is 12.1 Å². The molecule has 0 spiro atoms. The van der Waals surface area contributed by atoms with Crippen molar-refractivity contribution < 1.29 is 13.6 Å². The predicted octanol–water partition coefficient (Wildman–Crippen LogP) is 1.78. The molecule has 92 valence electrons. The molecule has 5 heteroatoms. The molecule has 1 saturated heterocycles. The number of rotatable bonds is 3. The van der Waals surface area contributed by atoms with E-state index in [0.717, 1.165) is 12.3 Å². The highest BCUT2D eigenvalue weighted by molar-refractivity contribution is 7.99. The van der Waals surface area contributed by atoms with Crippen molar-refractivity contribution in [3.8, 4) is 0 Å². The highest BCUT2D eigenvalue weighted by Crippen LogP contribution is 2.15. The van der Waals surface area contributed by atoms with Crippen LogP contribution >= 0.6 is 11.8 Å². The van der Waals surface area contributed by atoms with Crippen LogP contribution in [-0.2, 0) is 11.2 Å². The van der Waals surface area contributed by atoms with Crippen molar-refractivity contribution in [2.75, 3.05) is 18.1 Å². The number of benzene rings is 1. The Kier molecular flexibility index (Phi) is 4.12. The van der Waals surface area contributed by atoms with E-state index in [-0.39, 0.29) is 23.8 Å². The van der Waals surface area contributed by atoms with Gasteiger partial charge in [0.05, 0.1) is 6.04 Å². The number of ketones is 1. The van der Waals surface area contributed by atoms with Crippen LogP contribution in [0.15, 0.2) is 18.2 Å². The number of thioether (sulfide) groups is 1. The van der Waals surface area contributed by atoms with Gasteiger partial charge in [-0.1, -0.05) is 6.07 Å². The van der Waals surface area contributed by atoms with Crippen molar-refractivity contribution in [1.29, 1.82) is 0 Å². The molecule has 1 heterocycles. The lowest BCUT2D eigenvalue weighted by molar-refractivity contribution is -0.120. The summed E-state index contributed by atoms with van der Waals surface area (Å²) in [6.07, 6.45) is -0.184. The van der Waals surface area contributed by atoms with Crippen molar-refractivity contribution >= 4 is 17.5 Å². The molecule has 1 aromatic carbocycles. The van der Waals surface area contributed by atoms with Crippen LogP contribution in [0.2, 0.25) is 0 Å². The summed E-state index contributed by atoms with van der Waals surface area (Å²) in [4.78, 5) is 11.9. The Bertz CT molecular complexity index is 399. The molecule has 0 amide bonds. The van der Waals surface area contributed by atoms with Gasteiger partial charge < -0.3 is 5.32 Å². The molecule has 1 fully saturated rings. The number of nitrogens with one attached hydrogen (secondary N) is 1. The molecule has 0 bridgehead atoms. The van der Waals surface area contributed by atoms with E-state index in [1.54, 1.807) is 11.8 Å². The molecule has 1 aromatic rings. The first-order valence-corrected chi connectivity index (χ1v) is 6.60. The zero-order valence-electron chi connectivity index (χ0n) is 9.21. The van der Waals surface area contributed by atoms with Crippen LogP contribution in [0.1, 0.15) is 5.56 Å². The van der Waals surface area contributed by atoms with Crippen molar-refractivity contribution in [2.24, 2.45) is 0 Å². The van der Waals surface area contributed by atoms with Gasteiger partial charge in [0, 0.05) is 30.0 Å². The molecule has 1 N–H and O–H groups in total. The normalized spacial score (nSPS) is 20.2. The molecule has 2 rings (SSSR count). The van der Waals surface area contributed by atoms with Crippen LogP contribution in [0.4, 0.5) is 8.78 Å². The Labute approximate surface area is 103 Å². The van der Waals surface area contributed by atoms with Crippen LogP contribution in [0.3, 0.4) is 0 Å². The Hall–Kier alpha value is -0.940. The predicted molar refractivity (Wildman–Crippen MR) is 64.2 cm³/mol. The third kappa shape index (κ3) is 3.04. The fourth-order valence-electron chi connectivity index (χ4n) is 1.77. The lowest BCUT2D eigenvalue weighted by Crippen LogP contribution is -2.44. The second-order valence-electron chi connectivity index (χ2n) is 3.92. The number of halogens is 2. The molecular formula is C12H13F2NOS. The van der Waals surface area contributed by atoms with E-state index in [4.69, 9.17) is 0 Å². The fourth-order valence-corrected chi connectivity index (χ4v) is 2.74. The van der Waals surface area contributed by atoms with E-state index in [0.29, 0.717) is 5.75 Å². The van der Waals surface area contributed by atoms with Crippen molar-refractivity contribution in [1.82, 2.24) is 5.32 Å². The average Bonchev–Trinajstić information content (AvgIpc) is 2.35. The van der Waals surface area contributed by atoms with Gasteiger partial charge in [-0.25, -0.2) is 8.78 Å². The summed E-state index contributed by atoms with van der Waals surface area (Å²) in [7, 11) is 0. The van der Waals surface area contributed by atoms with Crippen LogP contribution in [-0.4, -0.2) is 29.9 Å². The zero-order valence-corrected chi connectivity index (χ0v) is 10.0. The molecule has 1 aliphatic heterocycles. The largest absolute Gasteiger partial charge is 0.306 e. The first-order valence-electron chi connectivity index (χ1n) is 5.45. The van der Waals surface area contributed by atoms with Crippen LogP contribution in [0.5, 0.6) is 0 Å². The summed E-state index contributed by atoms with van der Waals surface area (Å²) in [5.41, 5.74) is -0.130. The highest BCUT2D eigenvalue weighted by Gasteiger charge is 2.23. The minimum absolute atomic E-state index is 0.130. The Balaban J connectivity index is 2.07. The Morgan fingerprint density at radius 3 is 2.71 bits per heavy atom. The summed E-state index contributed by atoms with van der Waals surface area (Å²) >= 11 is 1.68. The first-order chi connectivity index (χ1) is 8.18. The van der Waals surface area contributed by atoms with Gasteiger partial charge in [-0.2, -0.15) is 11.8 Å². The first kappa shape index (κ1) is 12.5. The number of carbonyl (C=O) groups is 1. The average molecular weight is 257 g/mol. The summed E-state index contributed by atoms with van der Waals surface area (Å²) in [5.74, 6) is 0.192. The number of Topliss-reactive ketones (excluding diaryl/α,β-unsaturated/α-hetero) is 1. The Morgan fingerprint density at radius 2 is 2.12 bits per heavy atom. The van der Waals surface area contributed by atoms with Gasteiger partial charge in [-0.15, -0.1) is 0 Å². The summed E-state index contributed by atoms with van der Waals surface area (Å²) in [6.45, 7) is 0.765. The second kappa shape index (κ2) is 5.60. The maximum Gasteiger partial charge on any atom is 0.155 e. The minimum atomic E-state index is -0.651. The van der Waals surface area contributed by atoms with E-state index < -0.39 is 11.6 Å². The van der Waals surface area contributed by atoms with Crippen LogP contribution < -0.4 is 5.32 Å². The van der Waals surface area contributed by atoms with E-state index in [1.165, 1.54) is 18.2 Å². The van der Waals surface area contributed by atoms with E-state index in [2.05, 4.69) is 5.32 Å². The van der Waals surface area contributed by atoms with Gasteiger partial charge in [0.1, 0.15) is 11.6 Å². The zero-order chi connectivity index (χ0) is 12.3. The van der Waals surface area contributed by atoms with Gasteiger partial charge in [0.15, 0.2) is 5.78 Å². The molecule has 0 radical (unpaired) electrons. The molecule has 1 atom stereocenters. The topological polar surface area (TPSA) is 29.1 Å². The lowest BCUT2D eigenvalue weighted by atomic mass is 10.0. The molecule has 2 nitrogen and oxygen atoms in total. The molecule has 1 unspecified atom stereocenters. The fraction of sp³-hybridized carbons (Fsp3) is 0.417. The highest BCUT2D eigenvalue weighted by atomic mass is 32.2. The van der Waals surface area contributed by atoms with E-state index in [1.807, 2.05) is 0 Å². The maximum atomic E-state index is 13.4. The molecule has 1 aliphatic rings. The maximum absolute atomic E-state index is 13.4. The smallest absolute Gasteiger partial charge is 0.155 e. The minimum Gasteiger partial charge on any atom is -0.306 e. The number of carbonyl (C=O) groups excluding carboxylic acids is 1. The Morgan fingerprint density at radius 1 is 1.41 bits per heavy atom. The monoisotopic (exact) mass is 257 g/mol. The van der Waals surface area contributed by atoms with E-state index in [9.17, 15) is 13.6 Å². The summed E-state index contributed by atoms with van der Waals surface area (Å²) in [6, 6.07) is 3.37. The lowest BCUT2D eigenvalue weighted by Gasteiger charge is -2.22. The number of hydrogen-bond acceptors (Lipinski definition) is 3. The van der Waals surface area contributed by atoms with Crippen molar-refractivity contribution in [3.63, 3.8) is 0 Å². The van der Waals surface area contributed by atoms with Gasteiger partial charge >= 0.3 is 0 Å². The van der Waals surface area contributed by atoms with E-state index >= 15 is 0 Å². The summed E-state index contributed by atoms with van der Waals surface area (Å²) in [5, 5.41) is 3.06. The second-order valence-corrected chi connectivity index (χ2v) is 5.07. The third-order valence-electron chi connectivity index (χ3n) is 2.72. The van der Waals surface area contributed by atoms with Gasteiger partial charge in [0.25, 0.3) is 0 Å². The molecule has 0 aromatic heterocycles. The quantitative estimate of drug-likeness (QED) is 0.895. The molecular weight excluding hydrogens is 244 g/mol. The third-order valence-corrected chi connectivity index (χ3v) is 3.78. The number of hydrogen-bond donors (Lipinski definition) is 1. The van der Waals surface area contributed by atoms with Gasteiger partial charge in [0.2, 0.25) is 0 Å². The molecule has 17 heavy (non-hydrogen) atoms. The van der Waals surface area contributed by atoms with Crippen LogP contribution in [0, 0.1) is 11.6 Å². The summed E-state index contributed by atoms with van der Waals surface area (Å²) < 4.78 is 26.7.